The molecule has 0 unspecified atom stereocenters. The maximum Gasteiger partial charge on any atom is 0.243 e. The fraction of sp³-hybridized carbons (Fsp3) is 0.412. The third kappa shape index (κ3) is 3.14. The Bertz CT molecular complexity index is 829. The van der Waals surface area contributed by atoms with E-state index in [-0.39, 0.29) is 0 Å². The molecule has 0 bridgehead atoms. The molecule has 0 atom stereocenters. The van der Waals surface area contributed by atoms with Gasteiger partial charge in [0.25, 0.3) is 0 Å². The quantitative estimate of drug-likeness (QED) is 0.849. The van der Waals surface area contributed by atoms with E-state index >= 15 is 0 Å². The first-order valence-electron chi connectivity index (χ1n) is 8.00. The van der Waals surface area contributed by atoms with Crippen LogP contribution in [-0.4, -0.2) is 49.1 Å². The van der Waals surface area contributed by atoms with Gasteiger partial charge in [0.05, 0.1) is 4.90 Å². The van der Waals surface area contributed by atoms with Crippen molar-refractivity contribution in [3.63, 3.8) is 0 Å². The minimum atomic E-state index is -3.47. The zero-order valence-corrected chi connectivity index (χ0v) is 15.0. The van der Waals surface area contributed by atoms with Gasteiger partial charge in [-0.05, 0) is 55.7 Å². The summed E-state index contributed by atoms with van der Waals surface area (Å²) in [5.41, 5.74) is 2.91. The molecule has 24 heavy (non-hydrogen) atoms. The summed E-state index contributed by atoms with van der Waals surface area (Å²) in [7, 11) is -3.47. The Kier molecular flexibility index (Phi) is 4.56. The lowest BCUT2D eigenvalue weighted by molar-refractivity contribution is 0.383. The summed E-state index contributed by atoms with van der Waals surface area (Å²) < 4.78 is 27.6. The first kappa shape index (κ1) is 16.9. The molecular weight excluding hydrogens is 324 g/mol. The van der Waals surface area contributed by atoms with Crippen LogP contribution < -0.4 is 4.90 Å². The van der Waals surface area contributed by atoms with Gasteiger partial charge in [-0.2, -0.15) is 9.40 Å². The van der Waals surface area contributed by atoms with Crippen molar-refractivity contribution in [2.24, 2.45) is 0 Å². The highest BCUT2D eigenvalue weighted by Gasteiger charge is 2.30. The molecule has 2 heterocycles. The second kappa shape index (κ2) is 6.49. The molecule has 1 aliphatic rings. The fourth-order valence-corrected chi connectivity index (χ4v) is 4.68. The van der Waals surface area contributed by atoms with Crippen molar-refractivity contribution in [1.29, 1.82) is 0 Å². The number of benzene rings is 1. The van der Waals surface area contributed by atoms with Gasteiger partial charge in [0.1, 0.15) is 0 Å². The van der Waals surface area contributed by atoms with E-state index in [1.54, 1.807) is 16.6 Å². The highest BCUT2D eigenvalue weighted by molar-refractivity contribution is 7.89. The van der Waals surface area contributed by atoms with Gasteiger partial charge in [0, 0.05) is 32.4 Å². The first-order chi connectivity index (χ1) is 11.4. The van der Waals surface area contributed by atoms with Crippen LogP contribution in [0.4, 0.5) is 5.82 Å². The van der Waals surface area contributed by atoms with Gasteiger partial charge in [0.15, 0.2) is 5.82 Å². The van der Waals surface area contributed by atoms with Crippen LogP contribution >= 0.6 is 0 Å². The highest BCUT2D eigenvalue weighted by atomic mass is 32.2. The molecule has 0 saturated carbocycles. The van der Waals surface area contributed by atoms with Crippen LogP contribution in [0.5, 0.6) is 0 Å². The highest BCUT2D eigenvalue weighted by Crippen LogP contribution is 2.25. The zero-order valence-electron chi connectivity index (χ0n) is 14.2. The molecule has 7 heteroatoms. The van der Waals surface area contributed by atoms with E-state index in [1.807, 2.05) is 39.0 Å². The summed E-state index contributed by atoms with van der Waals surface area (Å²) in [5.74, 6) is 0.789. The van der Waals surface area contributed by atoms with Crippen LogP contribution in [0.25, 0.3) is 0 Å². The Hall–Kier alpha value is -1.99. The van der Waals surface area contributed by atoms with Gasteiger partial charge < -0.3 is 4.90 Å². The number of sulfonamides is 1. The van der Waals surface area contributed by atoms with Gasteiger partial charge in [-0.15, -0.1) is 5.10 Å². The van der Waals surface area contributed by atoms with Crippen molar-refractivity contribution in [3.05, 3.63) is 47.2 Å². The van der Waals surface area contributed by atoms with E-state index in [9.17, 15) is 8.42 Å². The molecule has 0 spiro atoms. The lowest BCUT2D eigenvalue weighted by Gasteiger charge is -2.34. The van der Waals surface area contributed by atoms with Crippen LogP contribution in [0.2, 0.25) is 0 Å². The SMILES string of the molecule is Cc1cc(C)c(S(=O)(=O)N2CCN(c3cccnn3)CC2)cc1C. The minimum absolute atomic E-state index is 0.415. The molecule has 128 valence electrons. The van der Waals surface area contributed by atoms with Crippen molar-refractivity contribution >= 4 is 15.8 Å². The van der Waals surface area contributed by atoms with E-state index in [0.717, 1.165) is 22.5 Å². The molecule has 0 radical (unpaired) electrons. The Morgan fingerprint density at radius 2 is 1.62 bits per heavy atom. The minimum Gasteiger partial charge on any atom is -0.352 e. The van der Waals surface area contributed by atoms with Gasteiger partial charge in [-0.25, -0.2) is 8.42 Å². The molecule has 1 fully saturated rings. The van der Waals surface area contributed by atoms with Crippen molar-refractivity contribution in [1.82, 2.24) is 14.5 Å². The van der Waals surface area contributed by atoms with E-state index in [1.165, 1.54) is 0 Å². The molecule has 1 aromatic carbocycles. The van der Waals surface area contributed by atoms with Crippen molar-refractivity contribution in [3.8, 4) is 0 Å². The Labute approximate surface area is 143 Å². The predicted octanol–water partition coefficient (Wildman–Crippen LogP) is 1.91. The molecule has 0 aliphatic carbocycles. The molecule has 1 saturated heterocycles. The first-order valence-corrected chi connectivity index (χ1v) is 9.44. The lowest BCUT2D eigenvalue weighted by atomic mass is 10.1. The monoisotopic (exact) mass is 346 g/mol. The average Bonchev–Trinajstić information content (AvgIpc) is 2.59. The summed E-state index contributed by atoms with van der Waals surface area (Å²) in [6, 6.07) is 7.46. The largest absolute Gasteiger partial charge is 0.352 e. The molecule has 6 nitrogen and oxygen atoms in total. The van der Waals surface area contributed by atoms with Crippen molar-refractivity contribution in [2.75, 3.05) is 31.1 Å². The number of rotatable bonds is 3. The Balaban J connectivity index is 1.79. The summed E-state index contributed by atoms with van der Waals surface area (Å²) in [5, 5.41) is 7.97. The second-order valence-electron chi connectivity index (χ2n) is 6.17. The smallest absolute Gasteiger partial charge is 0.243 e. The van der Waals surface area contributed by atoms with E-state index in [4.69, 9.17) is 0 Å². The van der Waals surface area contributed by atoms with Crippen molar-refractivity contribution < 1.29 is 8.42 Å². The predicted molar refractivity (Wildman–Crippen MR) is 93.7 cm³/mol. The molecule has 0 amide bonds. The average molecular weight is 346 g/mol. The zero-order chi connectivity index (χ0) is 17.3. The second-order valence-corrected chi connectivity index (χ2v) is 8.08. The summed E-state index contributed by atoms with van der Waals surface area (Å²) in [4.78, 5) is 2.48. The number of hydrogen-bond acceptors (Lipinski definition) is 5. The van der Waals surface area contributed by atoms with Crippen LogP contribution in [-0.2, 0) is 10.0 Å². The molecule has 3 rings (SSSR count). The van der Waals surface area contributed by atoms with E-state index in [0.29, 0.717) is 31.1 Å². The number of aryl methyl sites for hydroxylation is 3. The van der Waals surface area contributed by atoms with Gasteiger partial charge in [-0.1, -0.05) is 6.07 Å². The maximum absolute atomic E-state index is 13.0. The standard InChI is InChI=1S/C17H22N4O2S/c1-13-11-15(3)16(12-14(13)2)24(22,23)21-9-7-20(8-10-21)17-5-4-6-18-19-17/h4-6,11-12H,7-10H2,1-3H3. The van der Waals surface area contributed by atoms with E-state index < -0.39 is 10.0 Å². The number of nitrogens with zero attached hydrogens (tertiary/aromatic N) is 4. The molecular formula is C17H22N4O2S. The normalized spacial score (nSPS) is 16.4. The summed E-state index contributed by atoms with van der Waals surface area (Å²) >= 11 is 0. The van der Waals surface area contributed by atoms with Gasteiger partial charge in [0.2, 0.25) is 10.0 Å². The Morgan fingerprint density at radius 1 is 0.958 bits per heavy atom. The van der Waals surface area contributed by atoms with Crippen LogP contribution in [0.15, 0.2) is 35.4 Å². The molecule has 0 N–H and O–H groups in total. The number of hydrogen-bond donors (Lipinski definition) is 0. The van der Waals surface area contributed by atoms with Crippen LogP contribution in [0.1, 0.15) is 16.7 Å². The number of aromatic nitrogens is 2. The number of piperazine rings is 1. The van der Waals surface area contributed by atoms with Crippen LogP contribution in [0, 0.1) is 20.8 Å². The van der Waals surface area contributed by atoms with E-state index in [2.05, 4.69) is 15.1 Å². The molecule has 1 aliphatic heterocycles. The van der Waals surface area contributed by atoms with Gasteiger partial charge in [-0.3, -0.25) is 0 Å². The fourth-order valence-electron chi connectivity index (χ4n) is 2.97. The topological polar surface area (TPSA) is 66.4 Å². The lowest BCUT2D eigenvalue weighted by Crippen LogP contribution is -2.49. The summed E-state index contributed by atoms with van der Waals surface area (Å²) in [6.45, 7) is 7.92. The van der Waals surface area contributed by atoms with Gasteiger partial charge >= 0.3 is 0 Å². The maximum atomic E-state index is 13.0. The van der Waals surface area contributed by atoms with Crippen molar-refractivity contribution in [2.45, 2.75) is 25.7 Å². The van der Waals surface area contributed by atoms with Crippen LogP contribution in [0.3, 0.4) is 0 Å². The molecule has 2 aromatic rings. The number of anilines is 1. The third-order valence-electron chi connectivity index (χ3n) is 4.53. The molecule has 1 aromatic heterocycles. The summed E-state index contributed by atoms with van der Waals surface area (Å²) in [6.07, 6.45) is 1.63. The third-order valence-corrected chi connectivity index (χ3v) is 6.57. The Morgan fingerprint density at radius 3 is 2.25 bits per heavy atom.